The number of ether oxygens (including phenoxy) is 4. The number of hydrogen-bond donors (Lipinski definition) is 0. The molecule has 2 aliphatic heterocycles. The van der Waals surface area contributed by atoms with Crippen LogP contribution in [-0.4, -0.2) is 117 Å². The van der Waals surface area contributed by atoms with Gasteiger partial charge in [0, 0.05) is 50.4 Å². The van der Waals surface area contributed by atoms with Gasteiger partial charge in [0.25, 0.3) is 0 Å². The first-order valence-corrected chi connectivity index (χ1v) is 18.8. The summed E-state index contributed by atoms with van der Waals surface area (Å²) in [6.07, 6.45) is 6.62. The first kappa shape index (κ1) is 40.6. The zero-order chi connectivity index (χ0) is 40.0. The van der Waals surface area contributed by atoms with Crippen molar-refractivity contribution in [1.29, 1.82) is 0 Å². The predicted molar refractivity (Wildman–Crippen MR) is 205 cm³/mol. The van der Waals surface area contributed by atoms with Crippen molar-refractivity contribution in [2.75, 3.05) is 26.2 Å². The third-order valence-corrected chi connectivity index (χ3v) is 8.81. The highest BCUT2D eigenvalue weighted by atomic mass is 16.6. The molecule has 2 heterocycles. The number of carbonyl (C=O) groups excluding carboxylic acids is 4. The Morgan fingerprint density at radius 3 is 0.963 bits per heavy atom. The van der Waals surface area contributed by atoms with Crippen molar-refractivity contribution < 1.29 is 38.1 Å². The van der Waals surface area contributed by atoms with Crippen molar-refractivity contribution in [2.24, 2.45) is 9.98 Å². The summed E-state index contributed by atoms with van der Waals surface area (Å²) in [5, 5.41) is 0. The lowest BCUT2D eigenvalue weighted by atomic mass is 9.78. The van der Waals surface area contributed by atoms with E-state index in [-0.39, 0.29) is 26.2 Å². The van der Waals surface area contributed by atoms with Crippen LogP contribution < -0.4 is 0 Å². The molecule has 54 heavy (non-hydrogen) atoms. The van der Waals surface area contributed by atoms with Crippen LogP contribution in [0.4, 0.5) is 19.2 Å². The fraction of sp³-hybridized carbons (Fsp3) is 0.650. The maximum absolute atomic E-state index is 13.3. The fourth-order valence-corrected chi connectivity index (χ4v) is 6.60. The van der Waals surface area contributed by atoms with E-state index in [9.17, 15) is 19.2 Å². The fourth-order valence-electron chi connectivity index (χ4n) is 6.60. The molecule has 0 saturated carbocycles. The summed E-state index contributed by atoms with van der Waals surface area (Å²) in [4.78, 5) is 68.8. The zero-order valence-electron chi connectivity index (χ0n) is 34.1. The average molecular weight is 751 g/mol. The summed E-state index contributed by atoms with van der Waals surface area (Å²) in [6.45, 7) is 22.7. The van der Waals surface area contributed by atoms with Crippen molar-refractivity contribution in [1.82, 2.24) is 19.6 Å². The molecule has 14 heteroatoms. The standard InChI is InChI=1S/C40H58N6O8/c1-37(2,3)51-33(47)43-17-18-44(34(48)52-38(4,5)6)31(43)41-29-15-13-25-22-28-24-30(16-14-26(28)21-27(25)23-29)42-32-45(35(49)53-39(7,8)9)19-20-46(32)36(50)54-40(10,11)12/h13-16,31-32H,17-24H2,1-12H3. The van der Waals surface area contributed by atoms with Gasteiger partial charge < -0.3 is 18.9 Å². The van der Waals surface area contributed by atoms with E-state index in [1.807, 2.05) is 12.2 Å². The van der Waals surface area contributed by atoms with Crippen LogP contribution in [0.15, 0.2) is 56.6 Å². The Morgan fingerprint density at radius 1 is 0.463 bits per heavy atom. The van der Waals surface area contributed by atoms with Gasteiger partial charge in [0.05, 0.1) is 0 Å². The van der Waals surface area contributed by atoms with Crippen LogP contribution >= 0.6 is 0 Å². The molecule has 0 spiro atoms. The SMILES string of the molecule is CC(C)(C)OC(=O)N1CCN(C(=O)OC(C)(C)C)C1N=C1C=CC2=C(C1)CC1=C(CC(=NC3N(C(=O)OC(C)(C)C)CCN3C(=O)OC(C)(C)C)C=C1)C2. The third kappa shape index (κ3) is 10.3. The monoisotopic (exact) mass is 750 g/mol. The second kappa shape index (κ2) is 14.9. The number of amides is 4. The number of allylic oxidation sites excluding steroid dienone is 8. The van der Waals surface area contributed by atoms with Gasteiger partial charge in [-0.25, -0.2) is 29.2 Å². The quantitative estimate of drug-likeness (QED) is 0.261. The molecule has 296 valence electrons. The summed E-state index contributed by atoms with van der Waals surface area (Å²) in [6, 6.07) is 0. The van der Waals surface area contributed by atoms with Crippen molar-refractivity contribution >= 4 is 35.8 Å². The largest absolute Gasteiger partial charge is 0.444 e. The van der Waals surface area contributed by atoms with Gasteiger partial charge in [-0.1, -0.05) is 23.3 Å². The highest BCUT2D eigenvalue weighted by Crippen LogP contribution is 2.39. The second-order valence-corrected chi connectivity index (χ2v) is 18.3. The molecule has 14 nitrogen and oxygen atoms in total. The molecule has 0 radical (unpaired) electrons. The molecule has 0 aromatic carbocycles. The van der Waals surface area contributed by atoms with Gasteiger partial charge in [-0.3, -0.25) is 19.6 Å². The summed E-state index contributed by atoms with van der Waals surface area (Å²) in [5.41, 5.74) is 3.46. The van der Waals surface area contributed by atoms with Crippen LogP contribution in [0.5, 0.6) is 0 Å². The highest BCUT2D eigenvalue weighted by molar-refractivity contribution is 6.01. The molecular formula is C40H58N6O8. The minimum absolute atomic E-state index is 0.268. The smallest absolute Gasteiger partial charge is 0.413 e. The Labute approximate surface area is 319 Å². The van der Waals surface area contributed by atoms with E-state index in [0.29, 0.717) is 25.7 Å². The maximum atomic E-state index is 13.3. The zero-order valence-corrected chi connectivity index (χ0v) is 34.1. The molecule has 2 fully saturated rings. The second-order valence-electron chi connectivity index (χ2n) is 18.3. The Kier molecular flexibility index (Phi) is 11.2. The molecular weight excluding hydrogens is 692 g/mol. The highest BCUT2D eigenvalue weighted by Gasteiger charge is 2.44. The van der Waals surface area contributed by atoms with Crippen molar-refractivity contribution in [3.8, 4) is 0 Å². The molecule has 0 aromatic rings. The molecule has 3 aliphatic carbocycles. The minimum atomic E-state index is -0.903. The van der Waals surface area contributed by atoms with E-state index >= 15 is 0 Å². The molecule has 5 rings (SSSR count). The van der Waals surface area contributed by atoms with Gasteiger partial charge in [0.15, 0.2) is 0 Å². The van der Waals surface area contributed by atoms with E-state index in [2.05, 4.69) is 12.2 Å². The molecule has 5 aliphatic rings. The first-order valence-electron chi connectivity index (χ1n) is 18.8. The summed E-state index contributed by atoms with van der Waals surface area (Å²) >= 11 is 0. The summed E-state index contributed by atoms with van der Waals surface area (Å²) in [7, 11) is 0. The van der Waals surface area contributed by atoms with E-state index in [4.69, 9.17) is 28.9 Å². The van der Waals surface area contributed by atoms with E-state index < -0.39 is 59.4 Å². The molecule has 0 unspecified atom stereocenters. The molecule has 4 amide bonds. The van der Waals surface area contributed by atoms with Crippen LogP contribution in [0.3, 0.4) is 0 Å². The van der Waals surface area contributed by atoms with Crippen molar-refractivity contribution in [3.63, 3.8) is 0 Å². The molecule has 0 aromatic heterocycles. The summed E-state index contributed by atoms with van der Waals surface area (Å²) in [5.74, 6) is 0. The predicted octanol–water partition coefficient (Wildman–Crippen LogP) is 7.72. The first-order chi connectivity index (χ1) is 24.9. The van der Waals surface area contributed by atoms with Crippen LogP contribution in [0.1, 0.15) is 109 Å². The van der Waals surface area contributed by atoms with Gasteiger partial charge in [0.2, 0.25) is 12.6 Å². The Bertz CT molecular complexity index is 1530. The van der Waals surface area contributed by atoms with Gasteiger partial charge in [-0.05, 0) is 119 Å². The van der Waals surface area contributed by atoms with Crippen molar-refractivity contribution in [3.05, 3.63) is 46.6 Å². The number of carbonyl (C=O) groups is 4. The van der Waals surface area contributed by atoms with Crippen LogP contribution in [0.25, 0.3) is 0 Å². The van der Waals surface area contributed by atoms with Gasteiger partial charge in [0.1, 0.15) is 22.4 Å². The number of nitrogens with zero attached hydrogens (tertiary/aromatic N) is 6. The average Bonchev–Trinajstić information content (AvgIpc) is 3.61. The van der Waals surface area contributed by atoms with E-state index in [1.54, 1.807) is 83.1 Å². The Morgan fingerprint density at radius 2 is 0.722 bits per heavy atom. The topological polar surface area (TPSA) is 143 Å². The Hall–Kier alpha value is -4.62. The van der Waals surface area contributed by atoms with E-state index in [0.717, 1.165) is 11.4 Å². The van der Waals surface area contributed by atoms with Crippen molar-refractivity contribution in [2.45, 2.75) is 144 Å². The van der Waals surface area contributed by atoms with E-state index in [1.165, 1.54) is 41.9 Å². The normalized spacial score (nSPS) is 21.6. The number of aliphatic imine (C=N–C) groups is 2. The molecule has 0 atom stereocenters. The summed E-state index contributed by atoms with van der Waals surface area (Å²) < 4.78 is 22.7. The lowest BCUT2D eigenvalue weighted by Gasteiger charge is -2.32. The Balaban J connectivity index is 1.33. The molecule has 0 N–H and O–H groups in total. The lowest BCUT2D eigenvalue weighted by molar-refractivity contribution is -0.000136. The minimum Gasteiger partial charge on any atom is -0.444 e. The van der Waals surface area contributed by atoms with Gasteiger partial charge in [-0.15, -0.1) is 0 Å². The maximum Gasteiger partial charge on any atom is 0.413 e. The van der Waals surface area contributed by atoms with Crippen LogP contribution in [0.2, 0.25) is 0 Å². The van der Waals surface area contributed by atoms with Gasteiger partial charge >= 0.3 is 24.4 Å². The van der Waals surface area contributed by atoms with Crippen LogP contribution in [-0.2, 0) is 18.9 Å². The lowest BCUT2D eigenvalue weighted by Crippen LogP contribution is -2.47. The van der Waals surface area contributed by atoms with Crippen LogP contribution in [0, 0.1) is 0 Å². The molecule has 2 saturated heterocycles. The number of rotatable bonds is 2. The number of hydrogen-bond acceptors (Lipinski definition) is 10. The van der Waals surface area contributed by atoms with Gasteiger partial charge in [-0.2, -0.15) is 0 Å². The third-order valence-electron chi connectivity index (χ3n) is 8.81. The molecule has 0 bridgehead atoms.